The minimum atomic E-state index is 0.935. The van der Waals surface area contributed by atoms with E-state index < -0.39 is 0 Å². The van der Waals surface area contributed by atoms with E-state index in [1.54, 1.807) is 0 Å². The molecule has 8 aromatic rings. The molecule has 0 spiro atoms. The average molecular weight is 555 g/mol. The van der Waals surface area contributed by atoms with Gasteiger partial charge in [-0.15, -0.1) is 11.3 Å². The SMILES string of the molecule is c1ccc(-c2ccc(N(c3ccccc3-c3ccccc3)c3nccc4sc5c6ccccc6ccc5c34)cc2)cc1. The van der Waals surface area contributed by atoms with E-state index in [1.807, 2.05) is 17.5 Å². The maximum absolute atomic E-state index is 5.11. The van der Waals surface area contributed by atoms with Crippen LogP contribution in [-0.2, 0) is 0 Å². The molecular formula is C39H26N2S. The number of thiophene rings is 1. The smallest absolute Gasteiger partial charge is 0.146 e. The van der Waals surface area contributed by atoms with Crippen molar-refractivity contribution in [2.24, 2.45) is 0 Å². The molecule has 0 amide bonds. The van der Waals surface area contributed by atoms with Crippen LogP contribution in [0.3, 0.4) is 0 Å². The van der Waals surface area contributed by atoms with Gasteiger partial charge in [0.25, 0.3) is 0 Å². The molecule has 2 heterocycles. The highest BCUT2D eigenvalue weighted by molar-refractivity contribution is 7.26. The molecule has 198 valence electrons. The number of hydrogen-bond acceptors (Lipinski definition) is 3. The minimum absolute atomic E-state index is 0.935. The van der Waals surface area contributed by atoms with Crippen LogP contribution in [0.25, 0.3) is 53.2 Å². The number of anilines is 3. The van der Waals surface area contributed by atoms with Crippen molar-refractivity contribution in [2.45, 2.75) is 0 Å². The molecule has 0 saturated carbocycles. The van der Waals surface area contributed by atoms with Gasteiger partial charge in [-0.2, -0.15) is 0 Å². The number of fused-ring (bicyclic) bond motifs is 5. The molecule has 0 aliphatic rings. The third-order valence-corrected chi connectivity index (χ3v) is 9.13. The molecule has 0 saturated heterocycles. The Kier molecular flexibility index (Phi) is 6.02. The molecule has 2 nitrogen and oxygen atoms in total. The maximum atomic E-state index is 5.11. The van der Waals surface area contributed by atoms with E-state index in [1.165, 1.54) is 47.6 Å². The first-order valence-corrected chi connectivity index (χ1v) is 15.0. The van der Waals surface area contributed by atoms with E-state index in [0.29, 0.717) is 0 Å². The van der Waals surface area contributed by atoms with Crippen molar-refractivity contribution in [2.75, 3.05) is 4.90 Å². The molecular weight excluding hydrogens is 529 g/mol. The minimum Gasteiger partial charge on any atom is -0.294 e. The monoisotopic (exact) mass is 554 g/mol. The van der Waals surface area contributed by atoms with Crippen LogP contribution in [0.2, 0.25) is 0 Å². The van der Waals surface area contributed by atoms with Gasteiger partial charge in [0.05, 0.1) is 5.69 Å². The zero-order valence-corrected chi connectivity index (χ0v) is 23.6. The molecule has 0 unspecified atom stereocenters. The van der Waals surface area contributed by atoms with Crippen LogP contribution < -0.4 is 4.90 Å². The highest BCUT2D eigenvalue weighted by Crippen LogP contribution is 2.47. The van der Waals surface area contributed by atoms with Crippen molar-refractivity contribution in [3.05, 3.63) is 158 Å². The molecule has 8 rings (SSSR count). The first-order valence-electron chi connectivity index (χ1n) is 14.1. The topological polar surface area (TPSA) is 16.1 Å². The normalized spacial score (nSPS) is 11.3. The van der Waals surface area contributed by atoms with Gasteiger partial charge in [0.15, 0.2) is 0 Å². The van der Waals surface area contributed by atoms with Crippen LogP contribution in [0.1, 0.15) is 0 Å². The molecule has 0 N–H and O–H groups in total. The van der Waals surface area contributed by atoms with E-state index in [2.05, 4.69) is 157 Å². The van der Waals surface area contributed by atoms with Gasteiger partial charge < -0.3 is 0 Å². The summed E-state index contributed by atoms with van der Waals surface area (Å²) >= 11 is 1.85. The van der Waals surface area contributed by atoms with Crippen molar-refractivity contribution in [3.63, 3.8) is 0 Å². The molecule has 6 aromatic carbocycles. The van der Waals surface area contributed by atoms with Crippen molar-refractivity contribution in [1.29, 1.82) is 0 Å². The van der Waals surface area contributed by atoms with Crippen molar-refractivity contribution in [3.8, 4) is 22.3 Å². The molecule has 42 heavy (non-hydrogen) atoms. The number of pyridine rings is 1. The predicted octanol–water partition coefficient (Wildman–Crippen LogP) is 11.4. The number of benzene rings is 6. The lowest BCUT2D eigenvalue weighted by Crippen LogP contribution is -2.13. The van der Waals surface area contributed by atoms with Crippen LogP contribution in [-0.4, -0.2) is 4.98 Å². The number of rotatable bonds is 5. The van der Waals surface area contributed by atoms with E-state index in [-0.39, 0.29) is 0 Å². The molecule has 0 aliphatic heterocycles. The Bertz CT molecular complexity index is 2180. The predicted molar refractivity (Wildman–Crippen MR) is 180 cm³/mol. The molecule has 0 bridgehead atoms. The van der Waals surface area contributed by atoms with Gasteiger partial charge in [-0.25, -0.2) is 4.98 Å². The fourth-order valence-electron chi connectivity index (χ4n) is 5.94. The number of para-hydroxylation sites is 1. The Morgan fingerprint density at radius 3 is 1.98 bits per heavy atom. The van der Waals surface area contributed by atoms with E-state index >= 15 is 0 Å². The molecule has 0 atom stereocenters. The first-order chi connectivity index (χ1) is 20.8. The standard InChI is InChI=1S/C39H26N2S/c1-3-11-27(12-4-1)28-19-22-31(23-20-28)41(35-18-10-9-16-32(35)29-13-5-2-6-14-29)39-37-34-24-21-30-15-7-8-17-33(30)38(34)42-36(37)25-26-40-39/h1-26H. The second-order valence-electron chi connectivity index (χ2n) is 10.4. The zero-order chi connectivity index (χ0) is 27.9. The fraction of sp³-hybridized carbons (Fsp3) is 0. The third-order valence-electron chi connectivity index (χ3n) is 7.93. The Hall–Kier alpha value is -5.25. The lowest BCUT2D eigenvalue weighted by Gasteiger charge is -2.27. The van der Waals surface area contributed by atoms with Gasteiger partial charge in [-0.3, -0.25) is 4.90 Å². The van der Waals surface area contributed by atoms with E-state index in [0.717, 1.165) is 22.8 Å². The van der Waals surface area contributed by atoms with E-state index in [9.17, 15) is 0 Å². The van der Waals surface area contributed by atoms with Crippen LogP contribution in [0, 0.1) is 0 Å². The number of aromatic nitrogens is 1. The summed E-state index contributed by atoms with van der Waals surface area (Å²) in [5, 5.41) is 4.96. The van der Waals surface area contributed by atoms with E-state index in [4.69, 9.17) is 4.98 Å². The quantitative estimate of drug-likeness (QED) is 0.210. The number of nitrogens with zero attached hydrogens (tertiary/aromatic N) is 2. The summed E-state index contributed by atoms with van der Waals surface area (Å²) in [6.45, 7) is 0. The second kappa shape index (κ2) is 10.3. The van der Waals surface area contributed by atoms with Crippen LogP contribution in [0.5, 0.6) is 0 Å². The molecule has 2 aromatic heterocycles. The Morgan fingerprint density at radius 2 is 1.17 bits per heavy atom. The maximum Gasteiger partial charge on any atom is 0.146 e. The fourth-order valence-corrected chi connectivity index (χ4v) is 7.17. The Labute approximate surface area is 248 Å². The van der Waals surface area contributed by atoms with Gasteiger partial charge in [-0.1, -0.05) is 127 Å². The summed E-state index contributed by atoms with van der Waals surface area (Å²) in [6, 6.07) is 53.9. The summed E-state index contributed by atoms with van der Waals surface area (Å²) < 4.78 is 2.53. The Balaban J connectivity index is 1.40. The summed E-state index contributed by atoms with van der Waals surface area (Å²) in [5.41, 5.74) is 6.89. The molecule has 0 radical (unpaired) electrons. The summed E-state index contributed by atoms with van der Waals surface area (Å²) in [7, 11) is 0. The first kappa shape index (κ1) is 24.5. The van der Waals surface area contributed by atoms with Crippen molar-refractivity contribution >= 4 is 59.5 Å². The van der Waals surface area contributed by atoms with Crippen molar-refractivity contribution < 1.29 is 0 Å². The van der Waals surface area contributed by atoms with Gasteiger partial charge in [0.2, 0.25) is 0 Å². The Morgan fingerprint density at radius 1 is 0.500 bits per heavy atom. The van der Waals surface area contributed by atoms with Gasteiger partial charge >= 0.3 is 0 Å². The average Bonchev–Trinajstić information content (AvgIpc) is 3.46. The van der Waals surface area contributed by atoms with Crippen LogP contribution >= 0.6 is 11.3 Å². The van der Waals surface area contributed by atoms with Crippen LogP contribution in [0.4, 0.5) is 17.2 Å². The summed E-state index contributed by atoms with van der Waals surface area (Å²) in [4.78, 5) is 7.44. The molecule has 3 heteroatoms. The summed E-state index contributed by atoms with van der Waals surface area (Å²) in [5.74, 6) is 0.935. The molecule has 0 aliphatic carbocycles. The lowest BCUT2D eigenvalue weighted by atomic mass is 10.0. The van der Waals surface area contributed by atoms with Gasteiger partial charge in [0, 0.05) is 37.6 Å². The van der Waals surface area contributed by atoms with Gasteiger partial charge in [-0.05, 0) is 51.7 Å². The highest BCUT2D eigenvalue weighted by Gasteiger charge is 2.22. The second-order valence-corrected chi connectivity index (χ2v) is 11.5. The lowest BCUT2D eigenvalue weighted by molar-refractivity contribution is 1.20. The third kappa shape index (κ3) is 4.14. The van der Waals surface area contributed by atoms with Gasteiger partial charge in [0.1, 0.15) is 5.82 Å². The van der Waals surface area contributed by atoms with Crippen molar-refractivity contribution in [1.82, 2.24) is 4.98 Å². The zero-order valence-electron chi connectivity index (χ0n) is 22.8. The number of hydrogen-bond donors (Lipinski definition) is 0. The highest BCUT2D eigenvalue weighted by atomic mass is 32.1. The largest absolute Gasteiger partial charge is 0.294 e. The summed E-state index contributed by atoms with van der Waals surface area (Å²) in [6.07, 6.45) is 1.95. The van der Waals surface area contributed by atoms with Crippen LogP contribution in [0.15, 0.2) is 158 Å². The molecule has 0 fully saturated rings.